The molecule has 1 N–H and O–H groups in total. The number of rotatable bonds is 5. The van der Waals surface area contributed by atoms with Gasteiger partial charge in [0.2, 0.25) is 0 Å². The molecule has 0 unspecified atom stereocenters. The number of nitrogens with one attached hydrogen (secondary N) is 1. The number of hydrogen-bond acceptors (Lipinski definition) is 5. The van der Waals surface area contributed by atoms with Crippen LogP contribution in [0.15, 0.2) is 48.0 Å². The molecule has 0 spiro atoms. The van der Waals surface area contributed by atoms with Crippen molar-refractivity contribution < 1.29 is 19.1 Å². The maximum atomic E-state index is 13.1. The molecule has 2 aromatic rings. The molecular formula is C21H20N2O4S. The van der Waals surface area contributed by atoms with Crippen LogP contribution in [0.2, 0.25) is 0 Å². The average molecular weight is 396 g/mol. The van der Waals surface area contributed by atoms with E-state index in [2.05, 4.69) is 12.2 Å². The van der Waals surface area contributed by atoms with Crippen molar-refractivity contribution in [2.24, 2.45) is 0 Å². The van der Waals surface area contributed by atoms with Crippen LogP contribution in [0, 0.1) is 0 Å². The Labute approximate surface area is 168 Å². The lowest BCUT2D eigenvalue weighted by Gasteiger charge is -2.29. The van der Waals surface area contributed by atoms with Crippen molar-refractivity contribution in [3.05, 3.63) is 59.2 Å². The summed E-state index contributed by atoms with van der Waals surface area (Å²) in [6.45, 7) is 2.05. The predicted octanol–water partition coefficient (Wildman–Crippen LogP) is 3.10. The van der Waals surface area contributed by atoms with Crippen LogP contribution in [-0.2, 0) is 16.0 Å². The van der Waals surface area contributed by atoms with E-state index < -0.39 is 11.8 Å². The van der Waals surface area contributed by atoms with Gasteiger partial charge in [0.1, 0.15) is 17.1 Å². The minimum Gasteiger partial charge on any atom is -0.497 e. The van der Waals surface area contributed by atoms with Gasteiger partial charge in [0, 0.05) is 11.6 Å². The molecule has 2 aromatic carbocycles. The number of nitrogens with zero attached hydrogens (tertiary/aromatic N) is 1. The van der Waals surface area contributed by atoms with Crippen LogP contribution < -0.4 is 19.7 Å². The van der Waals surface area contributed by atoms with Gasteiger partial charge >= 0.3 is 0 Å². The van der Waals surface area contributed by atoms with Crippen LogP contribution in [0.5, 0.6) is 11.5 Å². The zero-order chi connectivity index (χ0) is 20.3. The Balaban J connectivity index is 2.01. The number of anilines is 1. The third-order valence-corrected chi connectivity index (χ3v) is 4.73. The average Bonchev–Trinajstić information content (AvgIpc) is 2.71. The van der Waals surface area contributed by atoms with E-state index in [4.69, 9.17) is 21.7 Å². The monoisotopic (exact) mass is 396 g/mol. The molecule has 1 fully saturated rings. The van der Waals surface area contributed by atoms with Gasteiger partial charge in [0.25, 0.3) is 11.8 Å². The first-order chi connectivity index (χ1) is 13.5. The summed E-state index contributed by atoms with van der Waals surface area (Å²) in [5.74, 6) is 0.0573. The summed E-state index contributed by atoms with van der Waals surface area (Å²) < 4.78 is 10.5. The van der Waals surface area contributed by atoms with Crippen molar-refractivity contribution in [1.29, 1.82) is 0 Å². The molecule has 0 radical (unpaired) electrons. The van der Waals surface area contributed by atoms with Gasteiger partial charge in [0.05, 0.1) is 19.9 Å². The number of methoxy groups -OCH3 is 2. The van der Waals surface area contributed by atoms with Crippen LogP contribution in [0.1, 0.15) is 18.1 Å². The molecule has 7 heteroatoms. The minimum atomic E-state index is -0.547. The van der Waals surface area contributed by atoms with E-state index in [0.29, 0.717) is 22.7 Å². The molecule has 0 atom stereocenters. The van der Waals surface area contributed by atoms with Crippen molar-refractivity contribution >= 4 is 40.9 Å². The molecule has 0 aliphatic carbocycles. The first-order valence-corrected chi connectivity index (χ1v) is 9.11. The largest absolute Gasteiger partial charge is 0.497 e. The third kappa shape index (κ3) is 3.75. The summed E-state index contributed by atoms with van der Waals surface area (Å²) in [4.78, 5) is 26.8. The minimum absolute atomic E-state index is 0.0309. The van der Waals surface area contributed by atoms with E-state index >= 15 is 0 Å². The summed E-state index contributed by atoms with van der Waals surface area (Å²) in [6, 6.07) is 12.6. The van der Waals surface area contributed by atoms with Gasteiger partial charge in [-0.25, -0.2) is 0 Å². The Morgan fingerprint density at radius 2 is 1.79 bits per heavy atom. The van der Waals surface area contributed by atoms with Gasteiger partial charge in [-0.3, -0.25) is 19.8 Å². The Morgan fingerprint density at radius 1 is 1.07 bits per heavy atom. The summed E-state index contributed by atoms with van der Waals surface area (Å²) in [5, 5.41) is 2.63. The van der Waals surface area contributed by atoms with E-state index in [1.54, 1.807) is 25.3 Å². The molecule has 0 bridgehead atoms. The first kappa shape index (κ1) is 19.6. The topological polar surface area (TPSA) is 67.9 Å². The fourth-order valence-corrected chi connectivity index (χ4v) is 3.15. The lowest BCUT2D eigenvalue weighted by Crippen LogP contribution is -2.54. The molecule has 0 aromatic heterocycles. The number of thiocarbonyl (C=S) groups is 1. The fraction of sp³-hybridized carbons (Fsp3) is 0.190. The second kappa shape index (κ2) is 8.22. The van der Waals surface area contributed by atoms with E-state index in [1.165, 1.54) is 18.1 Å². The van der Waals surface area contributed by atoms with E-state index in [1.807, 2.05) is 24.3 Å². The summed E-state index contributed by atoms with van der Waals surface area (Å²) in [6.07, 6.45) is 2.38. The first-order valence-electron chi connectivity index (χ1n) is 8.71. The lowest BCUT2D eigenvalue weighted by molar-refractivity contribution is -0.122. The van der Waals surface area contributed by atoms with E-state index in [-0.39, 0.29) is 10.7 Å². The van der Waals surface area contributed by atoms with Crippen LogP contribution in [0.25, 0.3) is 6.08 Å². The number of carbonyl (C=O) groups excluding carboxylic acids is 2. The van der Waals surface area contributed by atoms with Crippen molar-refractivity contribution in [3.63, 3.8) is 0 Å². The Hall–Kier alpha value is -3.19. The number of aryl methyl sites for hydroxylation is 1. The second-order valence-electron chi connectivity index (χ2n) is 6.09. The molecule has 1 saturated heterocycles. The van der Waals surface area contributed by atoms with Gasteiger partial charge in [-0.05, 0) is 54.5 Å². The molecule has 1 heterocycles. The Kier molecular flexibility index (Phi) is 5.75. The molecule has 2 amide bonds. The van der Waals surface area contributed by atoms with Gasteiger partial charge in [-0.1, -0.05) is 19.1 Å². The van der Waals surface area contributed by atoms with Crippen LogP contribution in [-0.4, -0.2) is 31.1 Å². The normalized spacial score (nSPS) is 15.6. The number of hydrogen-bond donors (Lipinski definition) is 1. The molecule has 1 aliphatic rings. The quantitative estimate of drug-likeness (QED) is 0.478. The highest BCUT2D eigenvalue weighted by Crippen LogP contribution is 2.28. The highest BCUT2D eigenvalue weighted by Gasteiger charge is 2.34. The predicted molar refractivity (Wildman–Crippen MR) is 112 cm³/mol. The number of benzene rings is 2. The second-order valence-corrected chi connectivity index (χ2v) is 6.47. The highest BCUT2D eigenvalue weighted by atomic mass is 32.1. The van der Waals surface area contributed by atoms with E-state index in [0.717, 1.165) is 12.0 Å². The SMILES string of the molecule is CCc1ccc(N2C(=O)/C(=C/c3ccc(OC)cc3OC)C(=O)NC2=S)cc1. The highest BCUT2D eigenvalue weighted by molar-refractivity contribution is 7.80. The van der Waals surface area contributed by atoms with Crippen molar-refractivity contribution in [3.8, 4) is 11.5 Å². The molecule has 3 rings (SSSR count). The van der Waals surface area contributed by atoms with Gasteiger partial charge in [-0.15, -0.1) is 0 Å². The Morgan fingerprint density at radius 3 is 2.39 bits per heavy atom. The van der Waals surface area contributed by atoms with Crippen molar-refractivity contribution in [2.75, 3.05) is 19.1 Å². The number of carbonyl (C=O) groups is 2. The maximum absolute atomic E-state index is 13.1. The van der Waals surface area contributed by atoms with Gasteiger partial charge in [0.15, 0.2) is 5.11 Å². The third-order valence-electron chi connectivity index (χ3n) is 4.44. The smallest absolute Gasteiger partial charge is 0.270 e. The molecule has 1 aliphatic heterocycles. The molecular weight excluding hydrogens is 376 g/mol. The number of ether oxygens (including phenoxy) is 2. The zero-order valence-corrected chi connectivity index (χ0v) is 16.6. The summed E-state index contributed by atoms with van der Waals surface area (Å²) in [7, 11) is 3.06. The van der Waals surface area contributed by atoms with Gasteiger partial charge in [-0.2, -0.15) is 0 Å². The zero-order valence-electron chi connectivity index (χ0n) is 15.8. The molecule has 144 valence electrons. The summed E-state index contributed by atoms with van der Waals surface area (Å²) in [5.41, 5.74) is 2.29. The van der Waals surface area contributed by atoms with E-state index in [9.17, 15) is 9.59 Å². The molecule has 28 heavy (non-hydrogen) atoms. The van der Waals surface area contributed by atoms with Crippen LogP contribution in [0.4, 0.5) is 5.69 Å². The molecule has 0 saturated carbocycles. The maximum Gasteiger partial charge on any atom is 0.270 e. The van der Waals surface area contributed by atoms with Crippen molar-refractivity contribution in [2.45, 2.75) is 13.3 Å². The standard InChI is InChI=1S/C21H20N2O4S/c1-4-13-5-8-15(9-6-13)23-20(25)17(19(24)22-21(23)28)11-14-7-10-16(26-2)12-18(14)27-3/h5-12H,4H2,1-3H3,(H,22,24,28)/b17-11+. The molecule has 6 nitrogen and oxygen atoms in total. The van der Waals surface area contributed by atoms with Gasteiger partial charge < -0.3 is 9.47 Å². The van der Waals surface area contributed by atoms with Crippen LogP contribution in [0.3, 0.4) is 0 Å². The summed E-state index contributed by atoms with van der Waals surface area (Å²) >= 11 is 5.23. The number of amides is 2. The Bertz CT molecular complexity index is 967. The van der Waals surface area contributed by atoms with Crippen LogP contribution >= 0.6 is 12.2 Å². The lowest BCUT2D eigenvalue weighted by atomic mass is 10.1. The van der Waals surface area contributed by atoms with Crippen molar-refractivity contribution in [1.82, 2.24) is 5.32 Å². The fourth-order valence-electron chi connectivity index (χ4n) is 2.87.